The molecule has 9 rings (SSSR count). The van der Waals surface area contributed by atoms with Crippen LogP contribution in [0.4, 0.5) is 0 Å². The van der Waals surface area contributed by atoms with Crippen LogP contribution in [0.3, 0.4) is 0 Å². The quantitative estimate of drug-likeness (QED) is 0.216. The van der Waals surface area contributed by atoms with Crippen molar-refractivity contribution in [2.24, 2.45) is 0 Å². The van der Waals surface area contributed by atoms with E-state index in [-0.39, 0.29) is 0 Å². The summed E-state index contributed by atoms with van der Waals surface area (Å²) in [6.45, 7) is 0. The number of hydrogen-bond acceptors (Lipinski definition) is 3. The number of para-hydroxylation sites is 4. The van der Waals surface area contributed by atoms with E-state index in [0.29, 0.717) is 11.6 Å². The summed E-state index contributed by atoms with van der Waals surface area (Å²) < 4.78 is 4.42. The number of benzene rings is 6. The van der Waals surface area contributed by atoms with Crippen LogP contribution in [0.15, 0.2) is 140 Å². The number of aromatic nitrogens is 4. The molecule has 0 atom stereocenters. The SMILES string of the molecule is N#Cc1nc(-n2c3ccccc3c3cc(-c4ccc5c6ccccc6n(-c6ccccc6)c5c4)ccc32)nc2ccccc12. The summed E-state index contributed by atoms with van der Waals surface area (Å²) in [4.78, 5) is 9.62. The molecule has 0 radical (unpaired) electrons. The molecule has 0 amide bonds. The van der Waals surface area contributed by atoms with Crippen molar-refractivity contribution in [3.63, 3.8) is 0 Å². The molecule has 9 aromatic rings. The van der Waals surface area contributed by atoms with Crippen molar-refractivity contribution < 1.29 is 0 Å². The van der Waals surface area contributed by atoms with Crippen molar-refractivity contribution >= 4 is 54.5 Å². The molecule has 5 nitrogen and oxygen atoms in total. The molecular formula is C39H23N5. The van der Waals surface area contributed by atoms with E-state index in [0.717, 1.165) is 49.5 Å². The second-order valence-electron chi connectivity index (χ2n) is 11.0. The Kier molecular flexibility index (Phi) is 5.19. The van der Waals surface area contributed by atoms with Gasteiger partial charge in [0, 0.05) is 32.6 Å². The number of rotatable bonds is 3. The Labute approximate surface area is 252 Å². The van der Waals surface area contributed by atoms with Gasteiger partial charge in [-0.3, -0.25) is 4.57 Å². The molecule has 3 heterocycles. The van der Waals surface area contributed by atoms with Gasteiger partial charge in [0.25, 0.3) is 0 Å². The summed E-state index contributed by atoms with van der Waals surface area (Å²) >= 11 is 0. The van der Waals surface area contributed by atoms with Gasteiger partial charge in [-0.15, -0.1) is 0 Å². The van der Waals surface area contributed by atoms with E-state index in [1.54, 1.807) is 0 Å². The summed E-state index contributed by atoms with van der Waals surface area (Å²) in [5, 5.41) is 15.4. The molecule has 0 fully saturated rings. The highest BCUT2D eigenvalue weighted by Crippen LogP contribution is 2.38. The molecular weight excluding hydrogens is 538 g/mol. The van der Waals surface area contributed by atoms with Crippen LogP contribution in [0.25, 0.3) is 77.3 Å². The fourth-order valence-corrected chi connectivity index (χ4v) is 6.62. The summed E-state index contributed by atoms with van der Waals surface area (Å²) in [7, 11) is 0. The van der Waals surface area contributed by atoms with E-state index < -0.39 is 0 Å². The molecule has 0 saturated carbocycles. The van der Waals surface area contributed by atoms with Crippen molar-refractivity contribution in [1.29, 1.82) is 5.26 Å². The predicted molar refractivity (Wildman–Crippen MR) is 178 cm³/mol. The zero-order valence-corrected chi connectivity index (χ0v) is 23.5. The summed E-state index contributed by atoms with van der Waals surface area (Å²) in [5.74, 6) is 0.494. The molecule has 0 aliphatic carbocycles. The third kappa shape index (κ3) is 3.52. The zero-order valence-electron chi connectivity index (χ0n) is 23.5. The lowest BCUT2D eigenvalue weighted by atomic mass is 10.0. The first-order valence-electron chi connectivity index (χ1n) is 14.6. The van der Waals surface area contributed by atoms with Crippen LogP contribution < -0.4 is 0 Å². The first-order chi connectivity index (χ1) is 21.8. The number of nitriles is 1. The summed E-state index contributed by atoms with van der Waals surface area (Å²) in [5.41, 5.74) is 8.89. The smallest absolute Gasteiger partial charge is 0.236 e. The third-order valence-electron chi connectivity index (χ3n) is 8.59. The van der Waals surface area contributed by atoms with Gasteiger partial charge in [-0.2, -0.15) is 5.26 Å². The topological polar surface area (TPSA) is 59.4 Å². The van der Waals surface area contributed by atoms with Crippen molar-refractivity contribution in [2.75, 3.05) is 0 Å². The lowest BCUT2D eigenvalue weighted by Crippen LogP contribution is -2.03. The molecule has 0 unspecified atom stereocenters. The van der Waals surface area contributed by atoms with Crippen LogP contribution in [0, 0.1) is 11.3 Å². The highest BCUT2D eigenvalue weighted by molar-refractivity contribution is 6.12. The molecule has 44 heavy (non-hydrogen) atoms. The van der Waals surface area contributed by atoms with Crippen LogP contribution in [0.1, 0.15) is 5.69 Å². The Balaban J connectivity index is 1.28. The van der Waals surface area contributed by atoms with Crippen LogP contribution in [0.5, 0.6) is 0 Å². The zero-order chi connectivity index (χ0) is 29.2. The molecule has 0 saturated heterocycles. The van der Waals surface area contributed by atoms with Crippen LogP contribution in [-0.4, -0.2) is 19.1 Å². The minimum atomic E-state index is 0.371. The van der Waals surface area contributed by atoms with Crippen LogP contribution in [0.2, 0.25) is 0 Å². The molecule has 0 bridgehead atoms. The second kappa shape index (κ2) is 9.38. The molecule has 0 aliphatic heterocycles. The number of hydrogen-bond donors (Lipinski definition) is 0. The highest BCUT2D eigenvalue weighted by Gasteiger charge is 2.18. The van der Waals surface area contributed by atoms with E-state index >= 15 is 0 Å². The normalized spacial score (nSPS) is 11.6. The number of nitrogens with zero attached hydrogens (tertiary/aromatic N) is 5. The minimum Gasteiger partial charge on any atom is -0.309 e. The standard InChI is InChI=1S/C39H23N5/c40-24-34-31-14-4-7-15-33(31)41-39(42-34)44-36-17-9-6-13-29(36)32-22-25(19-21-37(32)44)26-18-20-30-28-12-5-8-16-35(28)43(38(30)23-26)27-10-2-1-3-11-27/h1-23H. The fourth-order valence-electron chi connectivity index (χ4n) is 6.62. The second-order valence-corrected chi connectivity index (χ2v) is 11.0. The molecule has 5 heteroatoms. The van der Waals surface area contributed by atoms with Gasteiger partial charge in [0.15, 0.2) is 5.69 Å². The van der Waals surface area contributed by atoms with Gasteiger partial charge < -0.3 is 4.57 Å². The summed E-state index contributed by atoms with van der Waals surface area (Å²) in [6, 6.07) is 50.7. The Bertz CT molecular complexity index is 2620. The lowest BCUT2D eigenvalue weighted by Gasteiger charge is -2.10. The van der Waals surface area contributed by atoms with E-state index in [1.807, 2.05) is 30.3 Å². The molecule has 204 valence electrons. The molecule has 6 aromatic carbocycles. The van der Waals surface area contributed by atoms with E-state index in [9.17, 15) is 5.26 Å². The number of fused-ring (bicyclic) bond motifs is 7. The van der Waals surface area contributed by atoms with Gasteiger partial charge in [-0.25, -0.2) is 9.97 Å². The monoisotopic (exact) mass is 561 g/mol. The lowest BCUT2D eigenvalue weighted by molar-refractivity contribution is 1.00. The Morgan fingerprint density at radius 1 is 0.455 bits per heavy atom. The molecule has 3 aromatic heterocycles. The van der Waals surface area contributed by atoms with Crippen LogP contribution in [-0.2, 0) is 0 Å². The van der Waals surface area contributed by atoms with Gasteiger partial charge in [0.1, 0.15) is 6.07 Å². The predicted octanol–water partition coefficient (Wildman–Crippen LogP) is 9.36. The average molecular weight is 562 g/mol. The van der Waals surface area contributed by atoms with Crippen molar-refractivity contribution in [3.05, 3.63) is 145 Å². The molecule has 0 N–H and O–H groups in total. The van der Waals surface area contributed by atoms with E-state index in [1.165, 1.54) is 21.8 Å². The molecule has 0 aliphatic rings. The first kappa shape index (κ1) is 24.4. The van der Waals surface area contributed by atoms with Gasteiger partial charge >= 0.3 is 0 Å². The van der Waals surface area contributed by atoms with Gasteiger partial charge in [0.05, 0.1) is 27.6 Å². The van der Waals surface area contributed by atoms with E-state index in [2.05, 4.69) is 124 Å². The summed E-state index contributed by atoms with van der Waals surface area (Å²) in [6.07, 6.45) is 0. The maximum atomic E-state index is 9.91. The molecule has 0 spiro atoms. The highest BCUT2D eigenvalue weighted by atomic mass is 15.2. The Hall–Kier alpha value is -6.25. The Morgan fingerprint density at radius 3 is 1.84 bits per heavy atom. The minimum absolute atomic E-state index is 0.371. The van der Waals surface area contributed by atoms with Crippen molar-refractivity contribution in [1.82, 2.24) is 19.1 Å². The maximum Gasteiger partial charge on any atom is 0.236 e. The largest absolute Gasteiger partial charge is 0.309 e. The first-order valence-corrected chi connectivity index (χ1v) is 14.6. The average Bonchev–Trinajstić information content (AvgIpc) is 3.60. The van der Waals surface area contributed by atoms with E-state index in [4.69, 9.17) is 9.97 Å². The van der Waals surface area contributed by atoms with Gasteiger partial charge in [-0.1, -0.05) is 84.9 Å². The van der Waals surface area contributed by atoms with Gasteiger partial charge in [-0.05, 0) is 65.7 Å². The fraction of sp³-hybridized carbons (Fsp3) is 0. The van der Waals surface area contributed by atoms with Crippen LogP contribution >= 0.6 is 0 Å². The van der Waals surface area contributed by atoms with Crippen molar-refractivity contribution in [3.8, 4) is 28.8 Å². The maximum absolute atomic E-state index is 9.91. The Morgan fingerprint density at radius 2 is 1.05 bits per heavy atom. The van der Waals surface area contributed by atoms with Gasteiger partial charge in [0.2, 0.25) is 5.95 Å². The van der Waals surface area contributed by atoms with Crippen molar-refractivity contribution in [2.45, 2.75) is 0 Å². The third-order valence-corrected chi connectivity index (χ3v) is 8.59.